The van der Waals surface area contributed by atoms with Crippen LogP contribution in [0.4, 0.5) is 0 Å². The summed E-state index contributed by atoms with van der Waals surface area (Å²) in [4.78, 5) is 0. The first kappa shape index (κ1) is 23.8. The number of rotatable bonds is 4. The van der Waals surface area contributed by atoms with Gasteiger partial charge in [-0.05, 0) is 65.7 Å². The Morgan fingerprint density at radius 1 is 0.415 bits per heavy atom. The summed E-state index contributed by atoms with van der Waals surface area (Å²) < 4.78 is 33.4. The quantitative estimate of drug-likeness (QED) is 0.206. The molecule has 5 heteroatoms. The van der Waals surface area contributed by atoms with Crippen molar-refractivity contribution in [3.8, 4) is 34.1 Å². The van der Waals surface area contributed by atoms with Crippen LogP contribution in [0.15, 0.2) is 144 Å². The van der Waals surface area contributed by atoms with Crippen LogP contribution < -0.4 is 25.4 Å². The van der Waals surface area contributed by atoms with Crippen LogP contribution in [0.5, 0.6) is 23.0 Å². The minimum absolute atomic E-state index is 0.674. The van der Waals surface area contributed by atoms with Gasteiger partial charge in [-0.2, -0.15) is 0 Å². The third kappa shape index (κ3) is 3.88. The van der Waals surface area contributed by atoms with Gasteiger partial charge in [0.25, 0.3) is 0 Å². The summed E-state index contributed by atoms with van der Waals surface area (Å²) in [6.45, 7) is 0. The number of para-hydroxylation sites is 2. The largest absolute Gasteiger partial charge is 0.456 e. The van der Waals surface area contributed by atoms with E-state index < -0.39 is 7.14 Å². The average molecular weight is 551 g/mol. The lowest BCUT2D eigenvalue weighted by molar-refractivity contribution is 0.360. The predicted molar refractivity (Wildman–Crippen MR) is 165 cm³/mol. The highest BCUT2D eigenvalue weighted by molar-refractivity contribution is 7.85. The summed E-state index contributed by atoms with van der Waals surface area (Å²) in [5.74, 6) is 2.77. The van der Waals surface area contributed by atoms with Gasteiger partial charge in [0.05, 0.1) is 0 Å². The molecule has 0 unspecified atom stereocenters. The van der Waals surface area contributed by atoms with Gasteiger partial charge in [0.15, 0.2) is 30.1 Å². The molecule has 0 spiro atoms. The Morgan fingerprint density at radius 2 is 0.927 bits per heavy atom. The number of benzene rings is 6. The van der Waals surface area contributed by atoms with E-state index in [2.05, 4.69) is 12.1 Å². The first-order valence-electron chi connectivity index (χ1n) is 13.4. The zero-order chi connectivity index (χ0) is 27.4. The lowest BCUT2D eigenvalue weighted by Gasteiger charge is -2.20. The summed E-state index contributed by atoms with van der Waals surface area (Å²) in [7, 11) is -3.10. The van der Waals surface area contributed by atoms with Crippen molar-refractivity contribution in [1.29, 1.82) is 0 Å². The SMILES string of the molecule is O=P(c1ccccc1)(c1ccccc1)c1ccc2c(c1)oc1cc(-c3ccc4c(c3)Oc3ccccc3O4)ccc12. The van der Waals surface area contributed by atoms with Gasteiger partial charge in [-0.25, -0.2) is 0 Å². The molecule has 0 saturated heterocycles. The highest BCUT2D eigenvalue weighted by Crippen LogP contribution is 2.47. The number of fused-ring (bicyclic) bond motifs is 5. The highest BCUT2D eigenvalue weighted by Gasteiger charge is 2.30. The van der Waals surface area contributed by atoms with Crippen molar-refractivity contribution in [1.82, 2.24) is 0 Å². The van der Waals surface area contributed by atoms with Crippen LogP contribution in [-0.2, 0) is 4.57 Å². The summed E-state index contributed by atoms with van der Waals surface area (Å²) in [5, 5.41) is 4.34. The Morgan fingerprint density at radius 3 is 1.61 bits per heavy atom. The molecule has 1 aromatic heterocycles. The molecule has 6 aromatic carbocycles. The normalized spacial score (nSPS) is 12.4. The molecule has 4 nitrogen and oxygen atoms in total. The first-order chi connectivity index (χ1) is 20.2. The molecule has 0 saturated carbocycles. The standard InChI is InChI=1S/C36H23O4P/c37-41(26-9-3-1-4-10-26,27-11-5-2-6-12-27)28-17-19-30-29-18-15-24(21-34(29)40-35(30)23-28)25-16-20-33-36(22-25)39-32-14-8-7-13-31(32)38-33/h1-23H. The van der Waals surface area contributed by atoms with Gasteiger partial charge in [-0.3, -0.25) is 0 Å². The van der Waals surface area contributed by atoms with Gasteiger partial charge in [0.2, 0.25) is 0 Å². The van der Waals surface area contributed by atoms with Crippen LogP contribution >= 0.6 is 7.14 Å². The van der Waals surface area contributed by atoms with Crippen LogP contribution in [0, 0.1) is 0 Å². The van der Waals surface area contributed by atoms with Gasteiger partial charge in [-0.1, -0.05) is 84.9 Å². The summed E-state index contributed by atoms with van der Waals surface area (Å²) >= 11 is 0. The fraction of sp³-hybridized carbons (Fsp3) is 0. The van der Waals surface area contributed by atoms with Crippen molar-refractivity contribution >= 4 is 45.0 Å². The van der Waals surface area contributed by atoms with Crippen LogP contribution in [0.1, 0.15) is 0 Å². The van der Waals surface area contributed by atoms with Crippen molar-refractivity contribution in [2.75, 3.05) is 0 Å². The van der Waals surface area contributed by atoms with E-state index >= 15 is 0 Å². The van der Waals surface area contributed by atoms with Gasteiger partial charge in [-0.15, -0.1) is 0 Å². The monoisotopic (exact) mass is 550 g/mol. The number of furan rings is 1. The average Bonchev–Trinajstić information content (AvgIpc) is 3.41. The topological polar surface area (TPSA) is 48.7 Å². The zero-order valence-electron chi connectivity index (χ0n) is 21.9. The van der Waals surface area contributed by atoms with Gasteiger partial charge < -0.3 is 18.5 Å². The second kappa shape index (κ2) is 9.26. The molecule has 0 atom stereocenters. The minimum atomic E-state index is -3.10. The Bertz CT molecular complexity index is 2090. The van der Waals surface area contributed by atoms with Crippen LogP contribution in [0.25, 0.3) is 33.1 Å². The van der Waals surface area contributed by atoms with Gasteiger partial charge in [0.1, 0.15) is 11.2 Å². The molecular weight excluding hydrogens is 527 g/mol. The number of ether oxygens (including phenoxy) is 2. The smallest absolute Gasteiger partial charge is 0.171 e. The molecule has 0 radical (unpaired) electrons. The maximum Gasteiger partial charge on any atom is 0.171 e. The van der Waals surface area contributed by atoms with Gasteiger partial charge >= 0.3 is 0 Å². The molecule has 1 aliphatic rings. The second-order valence-electron chi connectivity index (χ2n) is 10.1. The first-order valence-corrected chi connectivity index (χ1v) is 15.1. The van der Waals surface area contributed by atoms with E-state index in [-0.39, 0.29) is 0 Å². The molecule has 41 heavy (non-hydrogen) atoms. The molecule has 0 amide bonds. The Labute approximate surface area is 236 Å². The Kier molecular flexibility index (Phi) is 5.38. The van der Waals surface area contributed by atoms with Crippen LogP contribution in [-0.4, -0.2) is 0 Å². The Hall–Kier alpha value is -5.05. The molecule has 2 heterocycles. The van der Waals surface area contributed by atoms with Crippen LogP contribution in [0.2, 0.25) is 0 Å². The van der Waals surface area contributed by atoms with Crippen molar-refractivity contribution in [3.63, 3.8) is 0 Å². The van der Waals surface area contributed by atoms with E-state index in [1.807, 2.05) is 127 Å². The van der Waals surface area contributed by atoms with Crippen molar-refractivity contribution < 1.29 is 18.5 Å². The zero-order valence-corrected chi connectivity index (χ0v) is 22.8. The minimum Gasteiger partial charge on any atom is -0.456 e. The third-order valence-corrected chi connectivity index (χ3v) is 10.7. The fourth-order valence-corrected chi connectivity index (χ4v) is 8.23. The van der Waals surface area contributed by atoms with Crippen molar-refractivity contribution in [2.24, 2.45) is 0 Å². The maximum absolute atomic E-state index is 14.8. The summed E-state index contributed by atoms with van der Waals surface area (Å²) in [5.41, 5.74) is 3.47. The molecule has 196 valence electrons. The molecular formula is C36H23O4P. The highest BCUT2D eigenvalue weighted by atomic mass is 31.2. The van der Waals surface area contributed by atoms with E-state index in [0.717, 1.165) is 43.4 Å². The van der Waals surface area contributed by atoms with E-state index in [0.29, 0.717) is 28.6 Å². The number of hydrogen-bond acceptors (Lipinski definition) is 4. The van der Waals surface area contributed by atoms with E-state index in [1.165, 1.54) is 0 Å². The second-order valence-corrected chi connectivity index (χ2v) is 12.9. The molecule has 1 aliphatic heterocycles. The molecule has 0 N–H and O–H groups in total. The van der Waals surface area contributed by atoms with Crippen LogP contribution in [0.3, 0.4) is 0 Å². The predicted octanol–water partition coefficient (Wildman–Crippen LogP) is 8.79. The maximum atomic E-state index is 14.8. The molecule has 7 aromatic rings. The number of hydrogen-bond donors (Lipinski definition) is 0. The van der Waals surface area contributed by atoms with Crippen molar-refractivity contribution in [2.45, 2.75) is 0 Å². The molecule has 0 fully saturated rings. The van der Waals surface area contributed by atoms with E-state index in [4.69, 9.17) is 13.9 Å². The fourth-order valence-electron chi connectivity index (χ4n) is 5.57. The van der Waals surface area contributed by atoms with E-state index in [1.54, 1.807) is 0 Å². The molecule has 0 bridgehead atoms. The van der Waals surface area contributed by atoms with Crippen molar-refractivity contribution in [3.05, 3.63) is 140 Å². The summed E-state index contributed by atoms with van der Waals surface area (Å²) in [6.07, 6.45) is 0. The van der Waals surface area contributed by atoms with Gasteiger partial charge in [0, 0.05) is 26.7 Å². The molecule has 8 rings (SSSR count). The third-order valence-electron chi connectivity index (χ3n) is 7.63. The van der Waals surface area contributed by atoms with E-state index in [9.17, 15) is 4.57 Å². The Balaban J connectivity index is 1.21. The summed E-state index contributed by atoms with van der Waals surface area (Å²) in [6, 6.07) is 45.1. The lowest BCUT2D eigenvalue weighted by atomic mass is 10.0. The lowest BCUT2D eigenvalue weighted by Crippen LogP contribution is -2.24. The molecule has 0 aliphatic carbocycles.